The highest BCUT2D eigenvalue weighted by Crippen LogP contribution is 2.31. The van der Waals surface area contributed by atoms with E-state index in [1.165, 1.54) is 4.90 Å². The Morgan fingerprint density at radius 1 is 1.20 bits per heavy atom. The highest BCUT2D eigenvalue weighted by Gasteiger charge is 2.31. The zero-order valence-electron chi connectivity index (χ0n) is 22.6. The number of fused-ring (bicyclic) bond motifs is 1. The quantitative estimate of drug-likeness (QED) is 0.359. The third-order valence-electron chi connectivity index (χ3n) is 7.48. The van der Waals surface area contributed by atoms with E-state index in [1.807, 2.05) is 31.2 Å². The number of ether oxygens (including phenoxy) is 1. The summed E-state index contributed by atoms with van der Waals surface area (Å²) in [5.74, 6) is -0.192. The summed E-state index contributed by atoms with van der Waals surface area (Å²) in [5.41, 5.74) is 3.89. The van der Waals surface area contributed by atoms with E-state index in [2.05, 4.69) is 25.6 Å². The number of amides is 2. The smallest absolute Gasteiger partial charge is 0.256 e. The minimum absolute atomic E-state index is 0.152. The first kappa shape index (κ1) is 27.9. The molecule has 5 rings (SSSR count). The van der Waals surface area contributed by atoms with Gasteiger partial charge in [0.15, 0.2) is 0 Å². The van der Waals surface area contributed by atoms with Gasteiger partial charge in [-0.15, -0.1) is 0 Å². The van der Waals surface area contributed by atoms with Gasteiger partial charge in [-0.25, -0.2) is 9.97 Å². The van der Waals surface area contributed by atoms with Crippen LogP contribution in [0, 0.1) is 6.92 Å². The molecule has 0 radical (unpaired) electrons. The second-order valence-electron chi connectivity index (χ2n) is 10.3. The molecule has 1 fully saturated rings. The van der Waals surface area contributed by atoms with Crippen LogP contribution in [0.3, 0.4) is 0 Å². The van der Waals surface area contributed by atoms with Crippen LogP contribution in [0.1, 0.15) is 58.9 Å². The number of aromatic nitrogens is 3. The van der Waals surface area contributed by atoms with Crippen LogP contribution >= 0.6 is 11.6 Å². The van der Waals surface area contributed by atoms with Gasteiger partial charge in [-0.05, 0) is 44.2 Å². The normalized spacial score (nSPS) is 19.3. The monoisotopic (exact) mass is 564 g/mol. The van der Waals surface area contributed by atoms with Crippen LogP contribution < -0.4 is 10.6 Å². The Balaban J connectivity index is 1.26. The fraction of sp³-hybridized carbons (Fsp3) is 0.414. The number of anilines is 1. The maximum absolute atomic E-state index is 13.2. The molecule has 11 heteroatoms. The number of carbonyl (C=O) groups excluding carboxylic acids is 2. The van der Waals surface area contributed by atoms with Gasteiger partial charge in [-0.2, -0.15) is 0 Å². The fourth-order valence-electron chi connectivity index (χ4n) is 5.28. The van der Waals surface area contributed by atoms with Gasteiger partial charge in [-0.1, -0.05) is 41.4 Å². The summed E-state index contributed by atoms with van der Waals surface area (Å²) < 4.78 is 5.45. The summed E-state index contributed by atoms with van der Waals surface area (Å²) in [6.07, 6.45) is 7.36. The fourth-order valence-corrected chi connectivity index (χ4v) is 5.48. The number of carbonyl (C=O) groups is 2. The van der Waals surface area contributed by atoms with Crippen molar-refractivity contribution in [3.63, 3.8) is 0 Å². The molecule has 1 aliphatic carbocycles. The van der Waals surface area contributed by atoms with E-state index in [0.29, 0.717) is 39.6 Å². The van der Waals surface area contributed by atoms with Gasteiger partial charge in [-0.3, -0.25) is 14.6 Å². The summed E-state index contributed by atoms with van der Waals surface area (Å²) >= 11 is 6.45. The molecule has 1 aromatic carbocycles. The number of aliphatic hydroxyl groups excluding tert-OH is 1. The lowest BCUT2D eigenvalue weighted by molar-refractivity contribution is -0.122. The number of hydrogen-bond donors (Lipinski definition) is 3. The molecule has 3 aromatic rings. The van der Waals surface area contributed by atoms with Crippen molar-refractivity contribution < 1.29 is 19.4 Å². The number of aryl methyl sites for hydroxylation is 1. The summed E-state index contributed by atoms with van der Waals surface area (Å²) in [6, 6.07) is 8.98. The standard InChI is InChI=1S/C29H33ClN6O4/c1-17-4-3-5-18(10-17)25(16-37)34-26(38)15-36-14-24-22(28(36)39)11-19(12-31-24)27-23(30)13-32-29(35-27)33-20-6-8-21(40-2)9-7-20/h3-5,10-13,20-21,25,37H,6-9,14-16H2,1-2H3,(H,34,38)(H,32,33,35)/t20-,21-,25-/m1/s1. The van der Waals surface area contributed by atoms with Crippen LogP contribution in [-0.2, 0) is 16.1 Å². The number of rotatable bonds is 9. The first-order valence-corrected chi connectivity index (χ1v) is 13.8. The second-order valence-corrected chi connectivity index (χ2v) is 10.7. The van der Waals surface area contributed by atoms with Crippen molar-refractivity contribution in [2.45, 2.75) is 57.3 Å². The molecule has 1 aliphatic heterocycles. The summed E-state index contributed by atoms with van der Waals surface area (Å²) in [7, 11) is 1.75. The zero-order chi connectivity index (χ0) is 28.2. The molecule has 210 valence electrons. The van der Waals surface area contributed by atoms with E-state index in [4.69, 9.17) is 16.3 Å². The van der Waals surface area contributed by atoms with Crippen molar-refractivity contribution in [2.24, 2.45) is 0 Å². The molecule has 2 aromatic heterocycles. The molecule has 3 N–H and O–H groups in total. The summed E-state index contributed by atoms with van der Waals surface area (Å²) in [4.78, 5) is 40.9. The van der Waals surface area contributed by atoms with Crippen molar-refractivity contribution in [1.29, 1.82) is 0 Å². The Morgan fingerprint density at radius 3 is 2.73 bits per heavy atom. The van der Waals surface area contributed by atoms with E-state index in [1.54, 1.807) is 25.6 Å². The van der Waals surface area contributed by atoms with Gasteiger partial charge in [0.2, 0.25) is 11.9 Å². The molecule has 1 atom stereocenters. The van der Waals surface area contributed by atoms with Gasteiger partial charge in [0, 0.05) is 24.9 Å². The molecule has 40 heavy (non-hydrogen) atoms. The average Bonchev–Trinajstić information content (AvgIpc) is 3.27. The van der Waals surface area contributed by atoms with Crippen LogP contribution in [0.2, 0.25) is 5.02 Å². The lowest BCUT2D eigenvalue weighted by Crippen LogP contribution is -2.40. The Hall–Kier alpha value is -3.60. The predicted molar refractivity (Wildman–Crippen MR) is 151 cm³/mol. The van der Waals surface area contributed by atoms with Crippen molar-refractivity contribution in [2.75, 3.05) is 25.6 Å². The Labute approximate surface area is 238 Å². The first-order chi connectivity index (χ1) is 19.3. The van der Waals surface area contributed by atoms with Crippen LogP contribution in [0.15, 0.2) is 42.7 Å². The van der Waals surface area contributed by atoms with E-state index >= 15 is 0 Å². The van der Waals surface area contributed by atoms with Gasteiger partial charge in [0.05, 0.1) is 53.5 Å². The van der Waals surface area contributed by atoms with Crippen LogP contribution in [0.4, 0.5) is 5.95 Å². The number of nitrogens with zero attached hydrogens (tertiary/aromatic N) is 4. The van der Waals surface area contributed by atoms with Crippen molar-refractivity contribution in [3.05, 3.63) is 70.1 Å². The van der Waals surface area contributed by atoms with Gasteiger partial charge < -0.3 is 25.4 Å². The van der Waals surface area contributed by atoms with E-state index in [0.717, 1.165) is 36.8 Å². The molecule has 1 saturated carbocycles. The van der Waals surface area contributed by atoms with Crippen LogP contribution in [-0.4, -0.2) is 69.2 Å². The number of benzene rings is 1. The highest BCUT2D eigenvalue weighted by molar-refractivity contribution is 6.32. The average molecular weight is 565 g/mol. The lowest BCUT2D eigenvalue weighted by Gasteiger charge is -2.28. The van der Waals surface area contributed by atoms with Crippen LogP contribution in [0.5, 0.6) is 0 Å². The molecule has 2 aliphatic rings. The first-order valence-electron chi connectivity index (χ1n) is 13.4. The van der Waals surface area contributed by atoms with E-state index in [9.17, 15) is 14.7 Å². The molecule has 2 amide bonds. The van der Waals surface area contributed by atoms with E-state index in [-0.39, 0.29) is 37.6 Å². The SMILES string of the molecule is CO[C@H]1CC[C@H](Nc2ncc(Cl)c(-c3cnc4c(c3)C(=O)N(CC(=O)N[C@H](CO)c3cccc(C)c3)C4)n2)CC1. The maximum atomic E-state index is 13.2. The van der Waals surface area contributed by atoms with Gasteiger partial charge in [0.25, 0.3) is 5.91 Å². The molecular weight excluding hydrogens is 532 g/mol. The molecule has 0 spiro atoms. The number of halogens is 1. The molecule has 0 bridgehead atoms. The minimum atomic E-state index is -0.560. The summed E-state index contributed by atoms with van der Waals surface area (Å²) in [6.45, 7) is 1.76. The Bertz CT molecular complexity index is 1390. The molecule has 0 unspecified atom stereocenters. The second kappa shape index (κ2) is 12.3. The third kappa shape index (κ3) is 6.24. The number of nitrogens with one attached hydrogen (secondary N) is 2. The highest BCUT2D eigenvalue weighted by atomic mass is 35.5. The Morgan fingerprint density at radius 2 is 2.00 bits per heavy atom. The number of hydrogen-bond acceptors (Lipinski definition) is 8. The number of pyridine rings is 1. The van der Waals surface area contributed by atoms with Gasteiger partial charge >= 0.3 is 0 Å². The van der Waals surface area contributed by atoms with Crippen molar-refractivity contribution >= 4 is 29.4 Å². The van der Waals surface area contributed by atoms with Crippen molar-refractivity contribution in [3.8, 4) is 11.3 Å². The minimum Gasteiger partial charge on any atom is -0.394 e. The van der Waals surface area contributed by atoms with E-state index < -0.39 is 6.04 Å². The molecule has 3 heterocycles. The number of methoxy groups -OCH3 is 1. The molecule has 10 nitrogen and oxygen atoms in total. The third-order valence-corrected chi connectivity index (χ3v) is 7.76. The van der Waals surface area contributed by atoms with Crippen LogP contribution in [0.25, 0.3) is 11.3 Å². The maximum Gasteiger partial charge on any atom is 0.256 e. The largest absolute Gasteiger partial charge is 0.394 e. The van der Waals surface area contributed by atoms with Crippen molar-refractivity contribution in [1.82, 2.24) is 25.2 Å². The predicted octanol–water partition coefficient (Wildman–Crippen LogP) is 3.68. The Kier molecular flexibility index (Phi) is 8.58. The molecular formula is C29H33ClN6O4. The summed E-state index contributed by atoms with van der Waals surface area (Å²) in [5, 5.41) is 16.4. The lowest BCUT2D eigenvalue weighted by atomic mass is 9.93. The van der Waals surface area contributed by atoms with Gasteiger partial charge in [0.1, 0.15) is 6.54 Å². The number of aliphatic hydroxyl groups is 1. The molecule has 0 saturated heterocycles. The topological polar surface area (TPSA) is 130 Å². The zero-order valence-corrected chi connectivity index (χ0v) is 23.3.